The molecule has 0 aliphatic carbocycles. The normalized spacial score (nSPS) is 13.3. The number of aryl methyl sites for hydroxylation is 1. The van der Waals surface area contributed by atoms with Crippen molar-refractivity contribution in [1.29, 1.82) is 0 Å². The van der Waals surface area contributed by atoms with Gasteiger partial charge >= 0.3 is 0 Å². The fourth-order valence-corrected chi connectivity index (χ4v) is 2.72. The van der Waals surface area contributed by atoms with Gasteiger partial charge in [0.2, 0.25) is 15.9 Å². The summed E-state index contributed by atoms with van der Waals surface area (Å²) in [5.41, 5.74) is 0. The lowest BCUT2D eigenvalue weighted by Crippen LogP contribution is -2.44. The number of rotatable bonds is 6. The molecule has 0 aliphatic heterocycles. The largest absolute Gasteiger partial charge is 0.354 e. The van der Waals surface area contributed by atoms with Gasteiger partial charge in [0.05, 0.1) is 12.3 Å². The molecule has 1 rings (SSSR count). The number of amides is 1. The van der Waals surface area contributed by atoms with Gasteiger partial charge in [-0.3, -0.25) is 4.79 Å². The SMILES string of the molecule is Cc1nnc(CCNC(=O)C(C)NS(C)(=O)=O)s1. The van der Waals surface area contributed by atoms with Crippen LogP contribution in [0, 0.1) is 6.92 Å². The van der Waals surface area contributed by atoms with Crippen LogP contribution in [0.25, 0.3) is 0 Å². The smallest absolute Gasteiger partial charge is 0.237 e. The highest BCUT2D eigenvalue weighted by Gasteiger charge is 2.16. The van der Waals surface area contributed by atoms with Gasteiger partial charge in [-0.15, -0.1) is 21.5 Å². The summed E-state index contributed by atoms with van der Waals surface area (Å²) in [6.45, 7) is 3.76. The maximum Gasteiger partial charge on any atom is 0.237 e. The van der Waals surface area contributed by atoms with Gasteiger partial charge in [0.25, 0.3) is 0 Å². The quantitative estimate of drug-likeness (QED) is 0.732. The second kappa shape index (κ2) is 6.21. The summed E-state index contributed by atoms with van der Waals surface area (Å²) in [4.78, 5) is 11.5. The van der Waals surface area contributed by atoms with Crippen molar-refractivity contribution in [3.8, 4) is 0 Å². The lowest BCUT2D eigenvalue weighted by Gasteiger charge is -2.11. The summed E-state index contributed by atoms with van der Waals surface area (Å²) in [7, 11) is -3.37. The van der Waals surface area contributed by atoms with Crippen molar-refractivity contribution in [2.45, 2.75) is 26.3 Å². The molecule has 18 heavy (non-hydrogen) atoms. The molecule has 0 spiro atoms. The Morgan fingerprint density at radius 3 is 2.61 bits per heavy atom. The van der Waals surface area contributed by atoms with Crippen LogP contribution in [0.4, 0.5) is 0 Å². The van der Waals surface area contributed by atoms with Crippen molar-refractivity contribution < 1.29 is 13.2 Å². The minimum Gasteiger partial charge on any atom is -0.354 e. The Morgan fingerprint density at radius 2 is 2.11 bits per heavy atom. The van der Waals surface area contributed by atoms with Crippen molar-refractivity contribution >= 4 is 27.3 Å². The first kappa shape index (κ1) is 15.0. The number of carbonyl (C=O) groups excluding carboxylic acids is 1. The third kappa shape index (κ3) is 5.52. The molecule has 0 fully saturated rings. The van der Waals surface area contributed by atoms with E-state index in [1.54, 1.807) is 0 Å². The van der Waals surface area contributed by atoms with Crippen LogP contribution in [0.15, 0.2) is 0 Å². The van der Waals surface area contributed by atoms with Crippen molar-refractivity contribution in [3.63, 3.8) is 0 Å². The third-order valence-corrected chi connectivity index (χ3v) is 3.67. The van der Waals surface area contributed by atoms with Crippen LogP contribution >= 0.6 is 11.3 Å². The average Bonchev–Trinajstić information content (AvgIpc) is 2.61. The number of hydrogen-bond acceptors (Lipinski definition) is 6. The van der Waals surface area contributed by atoms with E-state index < -0.39 is 16.1 Å². The summed E-state index contributed by atoms with van der Waals surface area (Å²) < 4.78 is 24.1. The van der Waals surface area contributed by atoms with Crippen molar-refractivity contribution in [2.24, 2.45) is 0 Å². The molecule has 1 atom stereocenters. The third-order valence-electron chi connectivity index (χ3n) is 1.99. The molecule has 2 N–H and O–H groups in total. The number of nitrogens with one attached hydrogen (secondary N) is 2. The highest BCUT2D eigenvalue weighted by Crippen LogP contribution is 2.07. The summed E-state index contributed by atoms with van der Waals surface area (Å²) in [5, 5.41) is 12.1. The number of sulfonamides is 1. The van der Waals surface area contributed by atoms with E-state index in [4.69, 9.17) is 0 Å². The molecule has 7 nitrogen and oxygen atoms in total. The van der Waals surface area contributed by atoms with Gasteiger partial charge in [-0.05, 0) is 13.8 Å². The lowest BCUT2D eigenvalue weighted by molar-refractivity contribution is -0.122. The molecular weight excluding hydrogens is 276 g/mol. The van der Waals surface area contributed by atoms with Gasteiger partial charge in [-0.2, -0.15) is 0 Å². The van der Waals surface area contributed by atoms with E-state index >= 15 is 0 Å². The summed E-state index contributed by atoms with van der Waals surface area (Å²) in [6, 6.07) is -0.781. The maximum atomic E-state index is 11.5. The van der Waals surface area contributed by atoms with Crippen molar-refractivity contribution in [3.05, 3.63) is 10.0 Å². The fraction of sp³-hybridized carbons (Fsp3) is 0.667. The highest BCUT2D eigenvalue weighted by molar-refractivity contribution is 7.88. The van der Waals surface area contributed by atoms with E-state index in [-0.39, 0.29) is 5.91 Å². The van der Waals surface area contributed by atoms with Crippen LogP contribution in [0.5, 0.6) is 0 Å². The van der Waals surface area contributed by atoms with Gasteiger partial charge in [0, 0.05) is 13.0 Å². The molecule has 0 bridgehead atoms. The summed E-state index contributed by atoms with van der Waals surface area (Å²) in [5.74, 6) is -0.360. The Kier molecular flexibility index (Phi) is 5.17. The Bertz CT molecular complexity index is 512. The highest BCUT2D eigenvalue weighted by atomic mass is 32.2. The summed E-state index contributed by atoms with van der Waals surface area (Å²) >= 11 is 1.47. The number of hydrogen-bond donors (Lipinski definition) is 2. The molecule has 1 heterocycles. The van der Waals surface area contributed by atoms with Crippen LogP contribution in [0.1, 0.15) is 16.9 Å². The Hall–Kier alpha value is -1.06. The zero-order chi connectivity index (χ0) is 13.8. The molecular formula is C9H16N4O3S2. The summed E-state index contributed by atoms with van der Waals surface area (Å²) in [6.07, 6.45) is 1.60. The van der Waals surface area contributed by atoms with Gasteiger partial charge in [-0.1, -0.05) is 0 Å². The Labute approximate surface area is 110 Å². The molecule has 9 heteroatoms. The molecule has 1 aromatic rings. The molecule has 0 aliphatic rings. The van der Waals surface area contributed by atoms with Crippen LogP contribution in [0.2, 0.25) is 0 Å². The molecule has 1 amide bonds. The maximum absolute atomic E-state index is 11.5. The minimum atomic E-state index is -3.37. The van der Waals surface area contributed by atoms with E-state index in [9.17, 15) is 13.2 Å². The first-order chi connectivity index (χ1) is 8.28. The average molecular weight is 292 g/mol. The lowest BCUT2D eigenvalue weighted by atomic mass is 10.3. The van der Waals surface area contributed by atoms with Gasteiger partial charge in [-0.25, -0.2) is 13.1 Å². The van der Waals surface area contributed by atoms with Gasteiger partial charge < -0.3 is 5.32 Å². The second-order valence-electron chi connectivity index (χ2n) is 3.87. The van der Waals surface area contributed by atoms with Crippen LogP contribution in [0.3, 0.4) is 0 Å². The predicted octanol–water partition coefficient (Wildman–Crippen LogP) is -0.557. The molecule has 0 radical (unpaired) electrons. The van der Waals surface area contributed by atoms with Crippen LogP contribution < -0.4 is 10.0 Å². The standard InChI is InChI=1S/C9H16N4O3S2/c1-6(13-18(3,15)16)9(14)10-5-4-8-12-11-7(2)17-8/h6,13H,4-5H2,1-3H3,(H,10,14). The van der Waals surface area contributed by atoms with E-state index in [0.29, 0.717) is 13.0 Å². The predicted molar refractivity (Wildman–Crippen MR) is 68.8 cm³/mol. The monoisotopic (exact) mass is 292 g/mol. The van der Waals surface area contributed by atoms with Crippen LogP contribution in [-0.4, -0.2) is 43.4 Å². The van der Waals surface area contributed by atoms with E-state index in [2.05, 4.69) is 20.2 Å². The minimum absolute atomic E-state index is 0.360. The van der Waals surface area contributed by atoms with E-state index in [1.165, 1.54) is 18.3 Å². The van der Waals surface area contributed by atoms with E-state index in [0.717, 1.165) is 16.3 Å². The zero-order valence-electron chi connectivity index (χ0n) is 10.4. The second-order valence-corrected chi connectivity index (χ2v) is 6.91. The van der Waals surface area contributed by atoms with Crippen LogP contribution in [-0.2, 0) is 21.2 Å². The zero-order valence-corrected chi connectivity index (χ0v) is 12.1. The molecule has 1 aromatic heterocycles. The van der Waals surface area contributed by atoms with Crippen molar-refractivity contribution in [2.75, 3.05) is 12.8 Å². The number of carbonyl (C=O) groups is 1. The molecule has 0 aromatic carbocycles. The van der Waals surface area contributed by atoms with Gasteiger partial charge in [0.15, 0.2) is 0 Å². The van der Waals surface area contributed by atoms with Gasteiger partial charge in [0.1, 0.15) is 10.0 Å². The molecule has 102 valence electrons. The molecule has 0 saturated carbocycles. The molecule has 0 saturated heterocycles. The van der Waals surface area contributed by atoms with Crippen molar-refractivity contribution in [1.82, 2.24) is 20.2 Å². The van der Waals surface area contributed by atoms with E-state index in [1.807, 2.05) is 6.92 Å². The Morgan fingerprint density at radius 1 is 1.44 bits per heavy atom. The number of aromatic nitrogens is 2. The first-order valence-corrected chi connectivity index (χ1v) is 8.03. The Balaban J connectivity index is 2.33. The fourth-order valence-electron chi connectivity index (χ4n) is 1.26. The molecule has 1 unspecified atom stereocenters. The first-order valence-electron chi connectivity index (χ1n) is 5.32. The number of nitrogens with zero attached hydrogens (tertiary/aromatic N) is 2. The topological polar surface area (TPSA) is 101 Å².